The maximum atomic E-state index is 6.54. The van der Waals surface area contributed by atoms with E-state index in [4.69, 9.17) is 39.1 Å². The van der Waals surface area contributed by atoms with Gasteiger partial charge in [0.15, 0.2) is 23.0 Å². The highest BCUT2D eigenvalue weighted by molar-refractivity contribution is 5.67. The van der Waals surface area contributed by atoms with Crippen molar-refractivity contribution in [2.75, 3.05) is 21.3 Å². The Morgan fingerprint density at radius 2 is 1.62 bits per heavy atom. The van der Waals surface area contributed by atoms with Crippen LogP contribution in [0.15, 0.2) is 79.1 Å². The number of benzene rings is 3. The molecule has 10 heteroatoms. The standard InChI is InChI=1S/C32H28N6O4/c1-19-27-28(21-12-15-24(40-3)25(17-21)41-4)29-30-34-26(16-20-10-13-23(39-2)14-11-20)36-37(30)18-33-31(29)42-32(27)38(35-19)22-8-6-5-7-9-22/h5-15,17-18,28H,16H2,1-4H3. The van der Waals surface area contributed by atoms with Gasteiger partial charge < -0.3 is 18.9 Å². The largest absolute Gasteiger partial charge is 0.497 e. The van der Waals surface area contributed by atoms with Crippen molar-refractivity contribution < 1.29 is 18.9 Å². The molecule has 7 rings (SSSR count). The highest BCUT2D eigenvalue weighted by Gasteiger charge is 2.38. The third-order valence-electron chi connectivity index (χ3n) is 7.53. The number of aromatic nitrogens is 6. The molecule has 4 heterocycles. The molecule has 0 saturated heterocycles. The SMILES string of the molecule is COc1ccc(Cc2nc3c4c(ncn3n2)Oc2c(c(C)nn2-c2ccccc2)C4c2ccc(OC)c(OC)c2)cc1. The quantitative estimate of drug-likeness (QED) is 0.251. The number of rotatable bonds is 7. The van der Waals surface area contributed by atoms with Crippen molar-refractivity contribution in [1.29, 1.82) is 0 Å². The van der Waals surface area contributed by atoms with E-state index in [0.717, 1.165) is 39.4 Å². The molecule has 3 aromatic heterocycles. The Kier molecular flexibility index (Phi) is 6.23. The summed E-state index contributed by atoms with van der Waals surface area (Å²) in [4.78, 5) is 9.71. The van der Waals surface area contributed by atoms with Gasteiger partial charge >= 0.3 is 0 Å². The Labute approximate surface area is 242 Å². The van der Waals surface area contributed by atoms with Gasteiger partial charge in [-0.05, 0) is 54.4 Å². The van der Waals surface area contributed by atoms with Gasteiger partial charge in [0.05, 0.1) is 49.8 Å². The fraction of sp³-hybridized carbons (Fsp3) is 0.188. The minimum absolute atomic E-state index is 0.310. The Morgan fingerprint density at radius 3 is 2.36 bits per heavy atom. The van der Waals surface area contributed by atoms with E-state index in [1.54, 1.807) is 32.2 Å². The molecule has 0 amide bonds. The highest BCUT2D eigenvalue weighted by Crippen LogP contribution is 2.50. The van der Waals surface area contributed by atoms with Crippen molar-refractivity contribution in [1.82, 2.24) is 29.4 Å². The zero-order valence-corrected chi connectivity index (χ0v) is 23.6. The smallest absolute Gasteiger partial charge is 0.230 e. The van der Waals surface area contributed by atoms with Gasteiger partial charge in [-0.2, -0.15) is 5.10 Å². The molecule has 10 nitrogen and oxygen atoms in total. The van der Waals surface area contributed by atoms with Crippen LogP contribution in [0.25, 0.3) is 11.3 Å². The summed E-state index contributed by atoms with van der Waals surface area (Å²) in [6.45, 7) is 1.99. The average molecular weight is 561 g/mol. The summed E-state index contributed by atoms with van der Waals surface area (Å²) in [5.41, 5.74) is 6.16. The van der Waals surface area contributed by atoms with Crippen LogP contribution in [0.1, 0.15) is 39.7 Å². The Bertz CT molecular complexity index is 1910. The second-order valence-corrected chi connectivity index (χ2v) is 9.99. The molecule has 6 aromatic rings. The van der Waals surface area contributed by atoms with Gasteiger partial charge in [0.25, 0.3) is 0 Å². The van der Waals surface area contributed by atoms with Crippen molar-refractivity contribution in [3.05, 3.63) is 113 Å². The summed E-state index contributed by atoms with van der Waals surface area (Å²) in [5.74, 6) is 3.50. The van der Waals surface area contributed by atoms with Crippen molar-refractivity contribution in [2.45, 2.75) is 19.3 Å². The third kappa shape index (κ3) is 4.19. The molecule has 1 aliphatic rings. The summed E-state index contributed by atoms with van der Waals surface area (Å²) in [7, 11) is 4.91. The molecule has 1 unspecified atom stereocenters. The van der Waals surface area contributed by atoms with Crippen LogP contribution in [0.4, 0.5) is 0 Å². The van der Waals surface area contributed by atoms with Gasteiger partial charge in [-0.15, -0.1) is 5.10 Å². The summed E-state index contributed by atoms with van der Waals surface area (Å²) in [6.07, 6.45) is 2.20. The molecular formula is C32H28N6O4. The van der Waals surface area contributed by atoms with E-state index in [9.17, 15) is 0 Å². The Morgan fingerprint density at radius 1 is 0.833 bits per heavy atom. The third-order valence-corrected chi connectivity index (χ3v) is 7.53. The number of aryl methyl sites for hydroxylation is 1. The van der Waals surface area contributed by atoms with Crippen molar-refractivity contribution in [3.8, 4) is 34.7 Å². The fourth-order valence-corrected chi connectivity index (χ4v) is 5.53. The normalized spacial score (nSPS) is 13.8. The van der Waals surface area contributed by atoms with Crippen molar-refractivity contribution in [2.24, 2.45) is 0 Å². The molecule has 0 aliphatic carbocycles. The van der Waals surface area contributed by atoms with Crippen LogP contribution in [0, 0.1) is 6.92 Å². The first-order valence-corrected chi connectivity index (χ1v) is 13.5. The predicted octanol–water partition coefficient (Wildman–Crippen LogP) is 5.52. The zero-order valence-electron chi connectivity index (χ0n) is 23.6. The van der Waals surface area contributed by atoms with E-state index in [0.29, 0.717) is 41.2 Å². The maximum absolute atomic E-state index is 6.54. The first-order valence-electron chi connectivity index (χ1n) is 13.5. The minimum atomic E-state index is -0.310. The molecule has 0 bridgehead atoms. The summed E-state index contributed by atoms with van der Waals surface area (Å²) >= 11 is 0. The second-order valence-electron chi connectivity index (χ2n) is 9.99. The van der Waals surface area contributed by atoms with Crippen LogP contribution in [0.3, 0.4) is 0 Å². The number of ether oxygens (including phenoxy) is 4. The highest BCUT2D eigenvalue weighted by atomic mass is 16.5. The molecule has 210 valence electrons. The summed E-state index contributed by atoms with van der Waals surface area (Å²) < 4.78 is 26.6. The topological polar surface area (TPSA) is 97.8 Å². The fourth-order valence-electron chi connectivity index (χ4n) is 5.53. The number of hydrogen-bond donors (Lipinski definition) is 0. The lowest BCUT2D eigenvalue weighted by molar-refractivity contribution is 0.354. The number of fused-ring (bicyclic) bond motifs is 4. The average Bonchev–Trinajstić information content (AvgIpc) is 3.60. The number of nitrogens with zero attached hydrogens (tertiary/aromatic N) is 6. The maximum Gasteiger partial charge on any atom is 0.230 e. The van der Waals surface area contributed by atoms with Gasteiger partial charge in [-0.25, -0.2) is 19.2 Å². The molecule has 0 saturated carbocycles. The molecule has 42 heavy (non-hydrogen) atoms. The van der Waals surface area contributed by atoms with Gasteiger partial charge in [-0.3, -0.25) is 0 Å². The lowest BCUT2D eigenvalue weighted by Gasteiger charge is -2.26. The first kappa shape index (κ1) is 25.6. The Hall–Kier alpha value is -5.38. The van der Waals surface area contributed by atoms with E-state index in [1.807, 2.05) is 84.4 Å². The van der Waals surface area contributed by atoms with Crippen LogP contribution in [-0.2, 0) is 6.42 Å². The van der Waals surface area contributed by atoms with Gasteiger partial charge in [0, 0.05) is 6.42 Å². The number of methoxy groups -OCH3 is 3. The minimum Gasteiger partial charge on any atom is -0.497 e. The Balaban J connectivity index is 1.42. The van der Waals surface area contributed by atoms with Crippen LogP contribution in [-0.4, -0.2) is 50.7 Å². The lowest BCUT2D eigenvalue weighted by atomic mass is 9.84. The van der Waals surface area contributed by atoms with E-state index in [1.165, 1.54) is 0 Å². The molecule has 0 fully saturated rings. The van der Waals surface area contributed by atoms with Crippen molar-refractivity contribution in [3.63, 3.8) is 0 Å². The molecule has 0 radical (unpaired) electrons. The molecule has 0 spiro atoms. The van der Waals surface area contributed by atoms with Crippen molar-refractivity contribution >= 4 is 5.65 Å². The van der Waals surface area contributed by atoms with E-state index < -0.39 is 0 Å². The second kappa shape index (κ2) is 10.2. The van der Waals surface area contributed by atoms with Crippen LogP contribution in [0.5, 0.6) is 29.0 Å². The lowest BCUT2D eigenvalue weighted by Crippen LogP contribution is -2.16. The molecule has 1 aliphatic heterocycles. The zero-order chi connectivity index (χ0) is 28.8. The number of para-hydroxylation sites is 1. The predicted molar refractivity (Wildman–Crippen MR) is 155 cm³/mol. The molecule has 3 aromatic carbocycles. The molecule has 1 atom stereocenters. The van der Waals surface area contributed by atoms with E-state index >= 15 is 0 Å². The summed E-state index contributed by atoms with van der Waals surface area (Å²) in [5, 5.41) is 9.68. The first-order chi connectivity index (χ1) is 20.6. The monoisotopic (exact) mass is 560 g/mol. The van der Waals surface area contributed by atoms with Gasteiger partial charge in [0.1, 0.15) is 12.1 Å². The molecule has 0 N–H and O–H groups in total. The van der Waals surface area contributed by atoms with E-state index in [2.05, 4.69) is 0 Å². The van der Waals surface area contributed by atoms with E-state index in [-0.39, 0.29) is 5.92 Å². The van der Waals surface area contributed by atoms with Gasteiger partial charge in [-0.1, -0.05) is 36.4 Å². The van der Waals surface area contributed by atoms with Crippen LogP contribution < -0.4 is 18.9 Å². The van der Waals surface area contributed by atoms with Gasteiger partial charge in [0.2, 0.25) is 11.8 Å². The van der Waals surface area contributed by atoms with Crippen LogP contribution in [0.2, 0.25) is 0 Å². The number of hydrogen-bond acceptors (Lipinski definition) is 8. The summed E-state index contributed by atoms with van der Waals surface area (Å²) in [6, 6.07) is 23.7. The van der Waals surface area contributed by atoms with Crippen LogP contribution >= 0.6 is 0 Å². The molecular weight excluding hydrogens is 532 g/mol.